The number of nitrogens with zero attached hydrogens (tertiary/aromatic N) is 2. The summed E-state index contributed by atoms with van der Waals surface area (Å²) in [7, 11) is 0. The molecule has 0 amide bonds. The van der Waals surface area contributed by atoms with Gasteiger partial charge in [0.05, 0.1) is 0 Å². The van der Waals surface area contributed by atoms with Crippen LogP contribution in [0.2, 0.25) is 0 Å². The second kappa shape index (κ2) is 4.75. The molecule has 1 saturated carbocycles. The molecule has 0 aromatic heterocycles. The van der Waals surface area contributed by atoms with Gasteiger partial charge in [-0.15, -0.1) is 0 Å². The van der Waals surface area contributed by atoms with Crippen LogP contribution < -0.4 is 0 Å². The fourth-order valence-electron chi connectivity index (χ4n) is 3.61. The highest BCUT2D eigenvalue weighted by Crippen LogP contribution is 2.47. The van der Waals surface area contributed by atoms with E-state index in [1.807, 2.05) is 0 Å². The smallest absolute Gasteiger partial charge is 0.0223 e. The maximum absolute atomic E-state index is 4.55. The van der Waals surface area contributed by atoms with Crippen LogP contribution in [0.25, 0.3) is 0 Å². The van der Waals surface area contributed by atoms with Crippen molar-refractivity contribution in [1.82, 2.24) is 9.80 Å². The van der Waals surface area contributed by atoms with Gasteiger partial charge < -0.3 is 0 Å². The second-order valence-corrected chi connectivity index (χ2v) is 6.90. The molecule has 3 heteroatoms. The third-order valence-electron chi connectivity index (χ3n) is 5.15. The Kier molecular flexibility index (Phi) is 3.44. The van der Waals surface area contributed by atoms with Gasteiger partial charge in [-0.25, -0.2) is 0 Å². The van der Waals surface area contributed by atoms with Crippen LogP contribution in [-0.2, 0) is 0 Å². The molecule has 0 N–H and O–H groups in total. The molecule has 2 unspecified atom stereocenters. The van der Waals surface area contributed by atoms with Crippen molar-refractivity contribution in [3.63, 3.8) is 0 Å². The lowest BCUT2D eigenvalue weighted by Crippen LogP contribution is -2.59. The Balaban J connectivity index is 1.61. The Labute approximate surface area is 111 Å². The Morgan fingerprint density at radius 1 is 1.24 bits per heavy atom. The third kappa shape index (κ3) is 2.52. The van der Waals surface area contributed by atoms with Crippen molar-refractivity contribution >= 4 is 12.6 Å². The molecular formula is C14H26N2S. The monoisotopic (exact) mass is 254 g/mol. The molecule has 3 rings (SSSR count). The zero-order valence-corrected chi connectivity index (χ0v) is 12.0. The first-order valence-electron chi connectivity index (χ1n) is 7.31. The zero-order chi connectivity index (χ0) is 11.9. The van der Waals surface area contributed by atoms with Crippen LogP contribution in [0.4, 0.5) is 0 Å². The van der Waals surface area contributed by atoms with Gasteiger partial charge in [-0.1, -0.05) is 6.42 Å². The molecule has 0 aromatic carbocycles. The summed E-state index contributed by atoms with van der Waals surface area (Å²) in [5.41, 5.74) is 0.591. The molecule has 0 radical (unpaired) electrons. The third-order valence-corrected chi connectivity index (χ3v) is 5.82. The number of hydrogen-bond donors (Lipinski definition) is 1. The second-order valence-electron chi connectivity index (χ2n) is 6.58. The Morgan fingerprint density at radius 2 is 2.06 bits per heavy atom. The topological polar surface area (TPSA) is 6.48 Å². The Morgan fingerprint density at radius 3 is 2.76 bits per heavy atom. The van der Waals surface area contributed by atoms with E-state index < -0.39 is 0 Å². The molecule has 2 saturated heterocycles. The normalized spacial score (nSPS) is 37.8. The van der Waals surface area contributed by atoms with Crippen LogP contribution in [0.1, 0.15) is 39.0 Å². The fourth-order valence-corrected chi connectivity index (χ4v) is 4.02. The van der Waals surface area contributed by atoms with Crippen LogP contribution in [0.15, 0.2) is 0 Å². The lowest BCUT2D eigenvalue weighted by atomic mass is 9.96. The predicted molar refractivity (Wildman–Crippen MR) is 75.8 cm³/mol. The highest BCUT2D eigenvalue weighted by atomic mass is 32.1. The maximum Gasteiger partial charge on any atom is 0.0223 e. The van der Waals surface area contributed by atoms with Gasteiger partial charge in [0.2, 0.25) is 0 Å². The van der Waals surface area contributed by atoms with Crippen LogP contribution in [0.3, 0.4) is 0 Å². The van der Waals surface area contributed by atoms with E-state index in [9.17, 15) is 0 Å². The lowest BCUT2D eigenvalue weighted by molar-refractivity contribution is 0.00712. The molecule has 2 atom stereocenters. The molecule has 1 aliphatic carbocycles. The zero-order valence-electron chi connectivity index (χ0n) is 11.1. The molecule has 3 aliphatic rings. The first-order chi connectivity index (χ1) is 8.22. The van der Waals surface area contributed by atoms with Gasteiger partial charge in [0.25, 0.3) is 0 Å². The highest BCUT2D eigenvalue weighted by molar-refractivity contribution is 7.80. The first kappa shape index (κ1) is 12.3. The van der Waals surface area contributed by atoms with Crippen LogP contribution in [-0.4, -0.2) is 53.8 Å². The van der Waals surface area contributed by atoms with E-state index in [-0.39, 0.29) is 0 Å². The SMILES string of the molecule is CC1CN2CCCCC2CN1CC1(CS)CC1. The van der Waals surface area contributed by atoms with Gasteiger partial charge in [-0.2, -0.15) is 12.6 Å². The molecule has 0 bridgehead atoms. The molecule has 98 valence electrons. The summed E-state index contributed by atoms with van der Waals surface area (Å²) in [5.74, 6) is 1.09. The molecular weight excluding hydrogens is 228 g/mol. The average Bonchev–Trinajstić information content (AvgIpc) is 3.11. The van der Waals surface area contributed by atoms with Gasteiger partial charge >= 0.3 is 0 Å². The maximum atomic E-state index is 4.55. The Hall–Kier alpha value is 0.270. The summed E-state index contributed by atoms with van der Waals surface area (Å²) < 4.78 is 0. The van der Waals surface area contributed by atoms with Gasteiger partial charge in [-0.3, -0.25) is 9.80 Å². The largest absolute Gasteiger partial charge is 0.298 e. The minimum Gasteiger partial charge on any atom is -0.298 e. The van der Waals surface area contributed by atoms with Gasteiger partial charge in [0, 0.05) is 31.7 Å². The Bertz CT molecular complexity index is 277. The number of thiol groups is 1. The van der Waals surface area contributed by atoms with Crippen LogP contribution in [0, 0.1) is 5.41 Å². The number of hydrogen-bond acceptors (Lipinski definition) is 3. The molecule has 2 heterocycles. The van der Waals surface area contributed by atoms with E-state index in [1.54, 1.807) is 0 Å². The summed E-state index contributed by atoms with van der Waals surface area (Å²) >= 11 is 4.55. The summed E-state index contributed by atoms with van der Waals surface area (Å²) in [6.07, 6.45) is 7.12. The van der Waals surface area contributed by atoms with Crippen molar-refractivity contribution in [2.24, 2.45) is 5.41 Å². The van der Waals surface area contributed by atoms with E-state index in [1.165, 1.54) is 58.3 Å². The molecule has 2 nitrogen and oxygen atoms in total. The van der Waals surface area contributed by atoms with Gasteiger partial charge in [0.15, 0.2) is 0 Å². The van der Waals surface area contributed by atoms with Gasteiger partial charge in [-0.05, 0) is 50.3 Å². The quantitative estimate of drug-likeness (QED) is 0.772. The number of rotatable bonds is 3. The highest BCUT2D eigenvalue weighted by Gasteiger charge is 2.45. The van der Waals surface area contributed by atoms with E-state index in [0.717, 1.165) is 17.8 Å². The fraction of sp³-hybridized carbons (Fsp3) is 1.00. The van der Waals surface area contributed by atoms with Gasteiger partial charge in [0.1, 0.15) is 0 Å². The van der Waals surface area contributed by atoms with E-state index in [4.69, 9.17) is 0 Å². The molecule has 2 aliphatic heterocycles. The van der Waals surface area contributed by atoms with Crippen molar-refractivity contribution in [2.75, 3.05) is 31.9 Å². The first-order valence-corrected chi connectivity index (χ1v) is 7.95. The van der Waals surface area contributed by atoms with Crippen molar-refractivity contribution in [3.8, 4) is 0 Å². The van der Waals surface area contributed by atoms with Crippen molar-refractivity contribution in [3.05, 3.63) is 0 Å². The van der Waals surface area contributed by atoms with E-state index >= 15 is 0 Å². The predicted octanol–water partition coefficient (Wildman–Crippen LogP) is 2.25. The van der Waals surface area contributed by atoms with E-state index in [0.29, 0.717) is 5.41 Å². The van der Waals surface area contributed by atoms with Crippen LogP contribution >= 0.6 is 12.6 Å². The van der Waals surface area contributed by atoms with Crippen molar-refractivity contribution in [2.45, 2.75) is 51.1 Å². The van der Waals surface area contributed by atoms with Crippen molar-refractivity contribution in [1.29, 1.82) is 0 Å². The minimum absolute atomic E-state index is 0.591. The molecule has 17 heavy (non-hydrogen) atoms. The number of piperidine rings is 1. The standard InChI is InChI=1S/C14H26N2S/c1-12-8-15-7-3-2-4-13(15)9-16(12)10-14(11-17)5-6-14/h12-13,17H,2-11H2,1H3. The molecule has 0 spiro atoms. The average molecular weight is 254 g/mol. The van der Waals surface area contributed by atoms with Crippen LogP contribution in [0.5, 0.6) is 0 Å². The minimum atomic E-state index is 0.591. The van der Waals surface area contributed by atoms with Crippen molar-refractivity contribution < 1.29 is 0 Å². The summed E-state index contributed by atoms with van der Waals surface area (Å²) in [6, 6.07) is 1.61. The number of piperazine rings is 1. The number of fused-ring (bicyclic) bond motifs is 1. The summed E-state index contributed by atoms with van der Waals surface area (Å²) in [6.45, 7) is 7.69. The molecule has 0 aromatic rings. The van der Waals surface area contributed by atoms with E-state index in [2.05, 4.69) is 29.4 Å². The molecule has 3 fully saturated rings. The lowest BCUT2D eigenvalue weighted by Gasteiger charge is -2.48. The summed E-state index contributed by atoms with van der Waals surface area (Å²) in [5, 5.41) is 0. The summed E-state index contributed by atoms with van der Waals surface area (Å²) in [4.78, 5) is 5.50.